The van der Waals surface area contributed by atoms with Crippen molar-refractivity contribution in [3.8, 4) is 0 Å². The molecule has 0 saturated carbocycles. The number of rotatable bonds is 3. The second kappa shape index (κ2) is 4.66. The molecule has 0 atom stereocenters. The predicted molar refractivity (Wildman–Crippen MR) is 59.9 cm³/mol. The Kier molecular flexibility index (Phi) is 3.05. The number of benzene rings is 1. The summed E-state index contributed by atoms with van der Waals surface area (Å²) < 4.78 is 13.3. The summed E-state index contributed by atoms with van der Waals surface area (Å²) in [5.74, 6) is -2.77. The number of hydrogen-bond acceptors (Lipinski definition) is 3. The molecule has 0 saturated heterocycles. The minimum absolute atomic E-state index is 0.0873. The number of halogens is 1. The fourth-order valence-corrected chi connectivity index (χ4v) is 1.37. The lowest BCUT2D eigenvalue weighted by Gasteiger charge is -2.04. The first-order valence-corrected chi connectivity index (χ1v) is 4.92. The molecule has 0 aliphatic carbocycles. The number of carbonyl (C=O) groups excluding carboxylic acids is 1. The fourth-order valence-electron chi connectivity index (χ4n) is 1.37. The Morgan fingerprint density at radius 2 is 2.00 bits per heavy atom. The highest BCUT2D eigenvalue weighted by atomic mass is 19.1. The molecule has 0 unspecified atom stereocenters. The quantitative estimate of drug-likeness (QED) is 0.768. The Bertz CT molecular complexity index is 609. The summed E-state index contributed by atoms with van der Waals surface area (Å²) in [6, 6.07) is 5.38. The van der Waals surface area contributed by atoms with Crippen LogP contribution in [-0.4, -0.2) is 27.2 Å². The number of aromatic nitrogens is 2. The van der Waals surface area contributed by atoms with Gasteiger partial charge in [0.25, 0.3) is 5.91 Å². The molecule has 7 heteroatoms. The van der Waals surface area contributed by atoms with Crippen LogP contribution in [0.2, 0.25) is 0 Å². The average molecular weight is 249 g/mol. The highest BCUT2D eigenvalue weighted by Gasteiger charge is 2.17. The summed E-state index contributed by atoms with van der Waals surface area (Å²) in [6.45, 7) is 0. The molecule has 0 aliphatic heterocycles. The van der Waals surface area contributed by atoms with Gasteiger partial charge in [0.2, 0.25) is 0 Å². The molecule has 0 radical (unpaired) electrons. The molecule has 0 bridgehead atoms. The van der Waals surface area contributed by atoms with Crippen LogP contribution in [-0.2, 0) is 0 Å². The van der Waals surface area contributed by atoms with Gasteiger partial charge < -0.3 is 10.4 Å². The zero-order valence-electron chi connectivity index (χ0n) is 8.98. The molecule has 3 N–H and O–H groups in total. The normalized spacial score (nSPS) is 10.1. The number of aromatic carboxylic acids is 1. The van der Waals surface area contributed by atoms with Gasteiger partial charge in [-0.3, -0.25) is 9.89 Å². The van der Waals surface area contributed by atoms with Crippen molar-refractivity contribution in [1.82, 2.24) is 10.2 Å². The molecule has 1 amide bonds. The molecule has 0 spiro atoms. The van der Waals surface area contributed by atoms with Gasteiger partial charge in [-0.15, -0.1) is 0 Å². The highest BCUT2D eigenvalue weighted by Crippen LogP contribution is 2.13. The van der Waals surface area contributed by atoms with E-state index in [-0.39, 0.29) is 16.9 Å². The van der Waals surface area contributed by atoms with Gasteiger partial charge in [-0.25, -0.2) is 9.18 Å². The van der Waals surface area contributed by atoms with Crippen molar-refractivity contribution in [1.29, 1.82) is 0 Å². The van der Waals surface area contributed by atoms with Crippen LogP contribution in [0.25, 0.3) is 0 Å². The van der Waals surface area contributed by atoms with E-state index in [4.69, 9.17) is 5.11 Å². The van der Waals surface area contributed by atoms with Crippen molar-refractivity contribution in [3.05, 3.63) is 47.4 Å². The van der Waals surface area contributed by atoms with Crippen LogP contribution in [0.3, 0.4) is 0 Å². The molecule has 1 aromatic carbocycles. The molecule has 0 aliphatic rings. The number of carboxylic acid groups (broad SMARTS) is 1. The number of hydrogen-bond donors (Lipinski definition) is 3. The van der Waals surface area contributed by atoms with Crippen LogP contribution in [0.4, 0.5) is 10.2 Å². The molecule has 1 aromatic heterocycles. The SMILES string of the molecule is O=C(Nc1[nH]ncc1C(=O)O)c1ccccc1F. The van der Waals surface area contributed by atoms with Crippen molar-refractivity contribution in [2.24, 2.45) is 0 Å². The van der Waals surface area contributed by atoms with Crippen LogP contribution in [0.1, 0.15) is 20.7 Å². The van der Waals surface area contributed by atoms with E-state index in [2.05, 4.69) is 15.5 Å². The number of carboxylic acids is 1. The van der Waals surface area contributed by atoms with Crippen molar-refractivity contribution in [2.45, 2.75) is 0 Å². The third-order valence-corrected chi connectivity index (χ3v) is 2.23. The molecule has 92 valence electrons. The molecular weight excluding hydrogens is 241 g/mol. The lowest BCUT2D eigenvalue weighted by molar-refractivity contribution is 0.0698. The number of nitrogens with one attached hydrogen (secondary N) is 2. The van der Waals surface area contributed by atoms with Crippen molar-refractivity contribution in [3.63, 3.8) is 0 Å². The standard InChI is InChI=1S/C11H8FN3O3/c12-8-4-2-1-3-6(8)10(16)14-9-7(11(17)18)5-13-15-9/h1-5H,(H,17,18)(H2,13,14,15,16). The second-order valence-corrected chi connectivity index (χ2v) is 3.40. The maximum absolute atomic E-state index is 13.3. The Morgan fingerprint density at radius 1 is 1.28 bits per heavy atom. The molecule has 0 fully saturated rings. The Morgan fingerprint density at radius 3 is 2.67 bits per heavy atom. The first kappa shape index (κ1) is 11.8. The zero-order valence-corrected chi connectivity index (χ0v) is 8.98. The summed E-state index contributed by atoms with van der Waals surface area (Å²) in [5.41, 5.74) is -0.372. The average Bonchev–Trinajstić information content (AvgIpc) is 2.77. The maximum Gasteiger partial charge on any atom is 0.341 e. The molecule has 18 heavy (non-hydrogen) atoms. The van der Waals surface area contributed by atoms with Crippen LogP contribution < -0.4 is 5.32 Å². The molecular formula is C11H8FN3O3. The summed E-state index contributed by atoms with van der Waals surface area (Å²) >= 11 is 0. The van der Waals surface area contributed by atoms with Gasteiger partial charge in [0.1, 0.15) is 17.2 Å². The van der Waals surface area contributed by atoms with Crippen molar-refractivity contribution < 1.29 is 19.1 Å². The fraction of sp³-hybridized carbons (Fsp3) is 0. The van der Waals surface area contributed by atoms with Crippen molar-refractivity contribution in [2.75, 3.05) is 5.32 Å². The van der Waals surface area contributed by atoms with E-state index in [1.165, 1.54) is 18.2 Å². The smallest absolute Gasteiger partial charge is 0.341 e. The minimum Gasteiger partial charge on any atom is -0.477 e. The Hall–Kier alpha value is -2.70. The number of nitrogens with zero attached hydrogens (tertiary/aromatic N) is 1. The Labute approximate surface area is 100 Å². The van der Waals surface area contributed by atoms with E-state index in [0.29, 0.717) is 0 Å². The van der Waals surface area contributed by atoms with Gasteiger partial charge in [-0.05, 0) is 12.1 Å². The largest absolute Gasteiger partial charge is 0.477 e. The summed E-state index contributed by atoms with van der Waals surface area (Å²) in [5, 5.41) is 16.9. The number of H-pyrrole nitrogens is 1. The monoisotopic (exact) mass is 249 g/mol. The van der Waals surface area contributed by atoms with Gasteiger partial charge in [0.05, 0.1) is 11.8 Å². The lowest BCUT2D eigenvalue weighted by atomic mass is 10.2. The second-order valence-electron chi connectivity index (χ2n) is 3.40. The summed E-state index contributed by atoms with van der Waals surface area (Å²) in [4.78, 5) is 22.5. The first-order valence-electron chi connectivity index (χ1n) is 4.92. The van der Waals surface area contributed by atoms with E-state index in [9.17, 15) is 14.0 Å². The van der Waals surface area contributed by atoms with E-state index in [1.54, 1.807) is 0 Å². The zero-order chi connectivity index (χ0) is 13.1. The van der Waals surface area contributed by atoms with Gasteiger partial charge >= 0.3 is 5.97 Å². The molecule has 2 aromatic rings. The third kappa shape index (κ3) is 2.19. The summed E-state index contributed by atoms with van der Waals surface area (Å²) in [6.07, 6.45) is 1.05. The maximum atomic E-state index is 13.3. The van der Waals surface area contributed by atoms with Crippen LogP contribution in [0.5, 0.6) is 0 Å². The van der Waals surface area contributed by atoms with Crippen LogP contribution >= 0.6 is 0 Å². The first-order chi connectivity index (χ1) is 8.59. The molecule has 2 rings (SSSR count). The van der Waals surface area contributed by atoms with E-state index in [0.717, 1.165) is 12.3 Å². The minimum atomic E-state index is -1.24. The van der Waals surface area contributed by atoms with Gasteiger partial charge in [-0.2, -0.15) is 5.10 Å². The number of aromatic amines is 1. The van der Waals surface area contributed by atoms with Crippen molar-refractivity contribution >= 4 is 17.7 Å². The number of amides is 1. The van der Waals surface area contributed by atoms with Gasteiger partial charge in [0.15, 0.2) is 0 Å². The van der Waals surface area contributed by atoms with Crippen LogP contribution in [0, 0.1) is 5.82 Å². The molecule has 6 nitrogen and oxygen atoms in total. The van der Waals surface area contributed by atoms with Crippen LogP contribution in [0.15, 0.2) is 30.5 Å². The topological polar surface area (TPSA) is 95.1 Å². The van der Waals surface area contributed by atoms with E-state index in [1.807, 2.05) is 0 Å². The summed E-state index contributed by atoms with van der Waals surface area (Å²) in [7, 11) is 0. The predicted octanol–water partition coefficient (Wildman–Crippen LogP) is 1.50. The van der Waals surface area contributed by atoms with E-state index >= 15 is 0 Å². The number of anilines is 1. The lowest BCUT2D eigenvalue weighted by Crippen LogP contribution is -2.15. The Balaban J connectivity index is 2.25. The highest BCUT2D eigenvalue weighted by molar-refractivity contribution is 6.06. The molecule has 1 heterocycles. The van der Waals surface area contributed by atoms with Gasteiger partial charge in [-0.1, -0.05) is 12.1 Å². The third-order valence-electron chi connectivity index (χ3n) is 2.23. The van der Waals surface area contributed by atoms with E-state index < -0.39 is 17.7 Å². The number of carbonyl (C=O) groups is 2. The van der Waals surface area contributed by atoms with Gasteiger partial charge in [0, 0.05) is 0 Å².